The molecular formula is C14H16N2O4S. The first-order valence-corrected chi connectivity index (χ1v) is 8.18. The molecule has 1 aromatic carbocycles. The number of nitrogens with one attached hydrogen (secondary N) is 1. The van der Waals surface area contributed by atoms with Crippen molar-refractivity contribution in [2.75, 3.05) is 19.6 Å². The topological polar surface area (TPSA) is 79.6 Å². The van der Waals surface area contributed by atoms with Gasteiger partial charge in [-0.2, -0.15) is 4.31 Å². The molecule has 1 N–H and O–H groups in total. The summed E-state index contributed by atoms with van der Waals surface area (Å²) in [5.74, 6) is 0. The fourth-order valence-corrected chi connectivity index (χ4v) is 4.04. The second kappa shape index (κ2) is 5.25. The SMILES string of the molecule is C[C@H]1CN(S(=O)(=O)c2ccc3oc(=O)ccc3c2)CCN1. The average molecular weight is 308 g/mol. The van der Waals surface area contributed by atoms with E-state index in [0.29, 0.717) is 30.6 Å². The summed E-state index contributed by atoms with van der Waals surface area (Å²) in [5.41, 5.74) is -0.0656. The van der Waals surface area contributed by atoms with E-state index in [1.165, 1.54) is 22.5 Å². The molecule has 0 bridgehead atoms. The lowest BCUT2D eigenvalue weighted by atomic mass is 10.2. The van der Waals surface area contributed by atoms with Gasteiger partial charge in [0.05, 0.1) is 4.90 Å². The molecule has 0 saturated carbocycles. The Morgan fingerprint density at radius 3 is 2.86 bits per heavy atom. The minimum absolute atomic E-state index is 0.131. The molecule has 1 fully saturated rings. The maximum atomic E-state index is 12.6. The Hall–Kier alpha value is -1.70. The maximum absolute atomic E-state index is 12.6. The maximum Gasteiger partial charge on any atom is 0.336 e. The highest BCUT2D eigenvalue weighted by atomic mass is 32.2. The molecule has 21 heavy (non-hydrogen) atoms. The third-order valence-electron chi connectivity index (χ3n) is 3.56. The van der Waals surface area contributed by atoms with Crippen molar-refractivity contribution in [3.05, 3.63) is 40.8 Å². The summed E-state index contributed by atoms with van der Waals surface area (Å²) in [5, 5.41) is 3.81. The van der Waals surface area contributed by atoms with Gasteiger partial charge in [-0.05, 0) is 31.2 Å². The van der Waals surface area contributed by atoms with Crippen LogP contribution in [0.2, 0.25) is 0 Å². The lowest BCUT2D eigenvalue weighted by Gasteiger charge is -2.31. The molecule has 0 amide bonds. The van der Waals surface area contributed by atoms with Gasteiger partial charge >= 0.3 is 5.63 Å². The number of sulfonamides is 1. The molecule has 2 aromatic rings. The summed E-state index contributed by atoms with van der Waals surface area (Å²) >= 11 is 0. The van der Waals surface area contributed by atoms with Crippen molar-refractivity contribution in [1.82, 2.24) is 9.62 Å². The molecule has 1 atom stereocenters. The monoisotopic (exact) mass is 308 g/mol. The van der Waals surface area contributed by atoms with E-state index in [0.717, 1.165) is 0 Å². The van der Waals surface area contributed by atoms with Crippen LogP contribution in [0.3, 0.4) is 0 Å². The van der Waals surface area contributed by atoms with Crippen LogP contribution in [0.4, 0.5) is 0 Å². The molecule has 6 nitrogen and oxygen atoms in total. The predicted molar refractivity (Wildman–Crippen MR) is 78.7 cm³/mol. The summed E-state index contributed by atoms with van der Waals surface area (Å²) in [6.45, 7) is 3.50. The van der Waals surface area contributed by atoms with E-state index >= 15 is 0 Å². The number of fused-ring (bicyclic) bond motifs is 1. The van der Waals surface area contributed by atoms with Gasteiger partial charge in [0.1, 0.15) is 5.58 Å². The molecule has 112 valence electrons. The Bertz CT molecular complexity index is 828. The van der Waals surface area contributed by atoms with Crippen LogP contribution in [-0.4, -0.2) is 38.4 Å². The lowest BCUT2D eigenvalue weighted by Crippen LogP contribution is -2.51. The normalized spacial score (nSPS) is 20.7. The Balaban J connectivity index is 2.02. The van der Waals surface area contributed by atoms with E-state index in [1.807, 2.05) is 6.92 Å². The summed E-state index contributed by atoms with van der Waals surface area (Å²) < 4.78 is 31.8. The number of rotatable bonds is 2. The first kappa shape index (κ1) is 14.2. The van der Waals surface area contributed by atoms with Gasteiger partial charge in [-0.3, -0.25) is 0 Å². The molecule has 1 aliphatic rings. The first-order chi connectivity index (χ1) is 9.96. The molecule has 1 aromatic heterocycles. The fourth-order valence-electron chi connectivity index (χ4n) is 2.47. The molecule has 1 aliphatic heterocycles. The Labute approximate surface area is 122 Å². The van der Waals surface area contributed by atoms with Gasteiger partial charge in [0.2, 0.25) is 10.0 Å². The number of benzene rings is 1. The summed E-state index contributed by atoms with van der Waals surface area (Å²) in [4.78, 5) is 11.4. The van der Waals surface area contributed by atoms with Crippen molar-refractivity contribution in [3.63, 3.8) is 0 Å². The van der Waals surface area contributed by atoms with Crippen LogP contribution in [0.15, 0.2) is 44.4 Å². The zero-order valence-electron chi connectivity index (χ0n) is 11.6. The van der Waals surface area contributed by atoms with Crippen molar-refractivity contribution in [3.8, 4) is 0 Å². The van der Waals surface area contributed by atoms with Crippen LogP contribution >= 0.6 is 0 Å². The zero-order chi connectivity index (χ0) is 15.0. The smallest absolute Gasteiger partial charge is 0.336 e. The Morgan fingerprint density at radius 1 is 1.29 bits per heavy atom. The van der Waals surface area contributed by atoms with Crippen molar-refractivity contribution in [2.45, 2.75) is 17.9 Å². The Morgan fingerprint density at radius 2 is 2.10 bits per heavy atom. The molecule has 0 unspecified atom stereocenters. The molecule has 0 spiro atoms. The minimum Gasteiger partial charge on any atom is -0.423 e. The number of piperazine rings is 1. The molecule has 7 heteroatoms. The van der Waals surface area contributed by atoms with E-state index in [2.05, 4.69) is 5.32 Å². The minimum atomic E-state index is -3.52. The fraction of sp³-hybridized carbons (Fsp3) is 0.357. The van der Waals surface area contributed by atoms with Crippen LogP contribution in [0.1, 0.15) is 6.92 Å². The van der Waals surface area contributed by atoms with E-state index < -0.39 is 15.6 Å². The van der Waals surface area contributed by atoms with Gasteiger partial charge < -0.3 is 9.73 Å². The van der Waals surface area contributed by atoms with Crippen molar-refractivity contribution < 1.29 is 12.8 Å². The molecule has 3 rings (SSSR count). The molecule has 0 radical (unpaired) electrons. The van der Waals surface area contributed by atoms with Gasteiger partial charge in [-0.15, -0.1) is 0 Å². The van der Waals surface area contributed by atoms with Crippen LogP contribution in [-0.2, 0) is 10.0 Å². The Kier molecular flexibility index (Phi) is 3.56. The van der Waals surface area contributed by atoms with Crippen molar-refractivity contribution >= 4 is 21.0 Å². The third-order valence-corrected chi connectivity index (χ3v) is 5.42. The average Bonchev–Trinajstić information content (AvgIpc) is 2.46. The van der Waals surface area contributed by atoms with Crippen molar-refractivity contribution in [1.29, 1.82) is 0 Å². The quantitative estimate of drug-likeness (QED) is 0.829. The van der Waals surface area contributed by atoms with Gasteiger partial charge in [0.25, 0.3) is 0 Å². The summed E-state index contributed by atoms with van der Waals surface area (Å²) in [7, 11) is -3.52. The highest BCUT2D eigenvalue weighted by Gasteiger charge is 2.28. The number of hydrogen-bond donors (Lipinski definition) is 1. The van der Waals surface area contributed by atoms with E-state index in [9.17, 15) is 13.2 Å². The number of hydrogen-bond acceptors (Lipinski definition) is 5. The van der Waals surface area contributed by atoms with Crippen LogP contribution in [0.5, 0.6) is 0 Å². The molecule has 0 aliphatic carbocycles. The van der Waals surface area contributed by atoms with Gasteiger partial charge in [-0.1, -0.05) is 0 Å². The summed E-state index contributed by atoms with van der Waals surface area (Å²) in [6.07, 6.45) is 0. The largest absolute Gasteiger partial charge is 0.423 e. The molecule has 2 heterocycles. The van der Waals surface area contributed by atoms with E-state index in [1.54, 1.807) is 12.1 Å². The van der Waals surface area contributed by atoms with Crippen LogP contribution in [0.25, 0.3) is 11.0 Å². The molecule has 1 saturated heterocycles. The van der Waals surface area contributed by atoms with Crippen molar-refractivity contribution in [2.24, 2.45) is 0 Å². The second-order valence-electron chi connectivity index (χ2n) is 5.17. The van der Waals surface area contributed by atoms with Crippen LogP contribution < -0.4 is 10.9 Å². The molecular weight excluding hydrogens is 292 g/mol. The number of nitrogens with zero attached hydrogens (tertiary/aromatic N) is 1. The predicted octanol–water partition coefficient (Wildman–Crippen LogP) is 0.775. The van der Waals surface area contributed by atoms with E-state index in [4.69, 9.17) is 4.42 Å². The standard InChI is InChI=1S/C14H16N2O4S/c1-10-9-16(7-6-15-10)21(18,19)12-3-4-13-11(8-12)2-5-14(17)20-13/h2-5,8,10,15H,6-7,9H2,1H3/t10-/m0/s1. The summed E-state index contributed by atoms with van der Waals surface area (Å²) in [6, 6.07) is 7.53. The zero-order valence-corrected chi connectivity index (χ0v) is 12.4. The van der Waals surface area contributed by atoms with Gasteiger partial charge in [0.15, 0.2) is 0 Å². The van der Waals surface area contributed by atoms with Gasteiger partial charge in [-0.25, -0.2) is 13.2 Å². The third kappa shape index (κ3) is 2.72. The van der Waals surface area contributed by atoms with E-state index in [-0.39, 0.29) is 10.9 Å². The second-order valence-corrected chi connectivity index (χ2v) is 7.11. The van der Waals surface area contributed by atoms with Crippen LogP contribution in [0, 0.1) is 0 Å². The lowest BCUT2D eigenvalue weighted by molar-refractivity contribution is 0.310. The highest BCUT2D eigenvalue weighted by molar-refractivity contribution is 7.89. The van der Waals surface area contributed by atoms with Gasteiger partial charge in [0, 0.05) is 37.1 Å². The highest BCUT2D eigenvalue weighted by Crippen LogP contribution is 2.21. The first-order valence-electron chi connectivity index (χ1n) is 6.74.